The SMILES string of the molecule is CC[C@H](C)[C@H](N)C(=O)NCCCC(=O)NC(Cc1ccccn1)c1ccccc1. The van der Waals surface area contributed by atoms with E-state index in [9.17, 15) is 9.59 Å². The fraction of sp³-hybridized carbons (Fsp3) is 0.435. The van der Waals surface area contributed by atoms with Crippen LogP contribution < -0.4 is 16.4 Å². The molecule has 0 fully saturated rings. The Morgan fingerprint density at radius 3 is 2.48 bits per heavy atom. The number of nitrogens with zero attached hydrogens (tertiary/aromatic N) is 1. The van der Waals surface area contributed by atoms with Crippen LogP contribution >= 0.6 is 0 Å². The maximum atomic E-state index is 12.5. The van der Waals surface area contributed by atoms with Gasteiger partial charge in [0.15, 0.2) is 0 Å². The third kappa shape index (κ3) is 7.66. The number of rotatable bonds is 11. The van der Waals surface area contributed by atoms with Gasteiger partial charge in [-0.3, -0.25) is 14.6 Å². The average molecular weight is 397 g/mol. The summed E-state index contributed by atoms with van der Waals surface area (Å²) in [5.74, 6) is -0.0659. The smallest absolute Gasteiger partial charge is 0.237 e. The molecule has 0 radical (unpaired) electrons. The van der Waals surface area contributed by atoms with Gasteiger partial charge in [0.05, 0.1) is 12.1 Å². The van der Waals surface area contributed by atoms with Crippen LogP contribution in [0.5, 0.6) is 0 Å². The van der Waals surface area contributed by atoms with Gasteiger partial charge in [-0.1, -0.05) is 56.7 Å². The summed E-state index contributed by atoms with van der Waals surface area (Å²) in [6.07, 6.45) is 4.14. The molecule has 6 heteroatoms. The van der Waals surface area contributed by atoms with Gasteiger partial charge in [-0.25, -0.2) is 0 Å². The minimum Gasteiger partial charge on any atom is -0.355 e. The Kier molecular flexibility index (Phi) is 9.31. The lowest BCUT2D eigenvalue weighted by molar-refractivity contribution is -0.124. The van der Waals surface area contributed by atoms with E-state index in [1.807, 2.05) is 62.4 Å². The molecule has 1 aromatic heterocycles. The summed E-state index contributed by atoms with van der Waals surface area (Å²) < 4.78 is 0. The van der Waals surface area contributed by atoms with E-state index in [-0.39, 0.29) is 23.8 Å². The molecule has 156 valence electrons. The first-order chi connectivity index (χ1) is 14.0. The van der Waals surface area contributed by atoms with Crippen LogP contribution in [0.15, 0.2) is 54.7 Å². The molecule has 2 amide bonds. The van der Waals surface area contributed by atoms with E-state index >= 15 is 0 Å². The average Bonchev–Trinajstić information content (AvgIpc) is 2.76. The zero-order chi connectivity index (χ0) is 21.1. The van der Waals surface area contributed by atoms with Crippen LogP contribution in [-0.2, 0) is 16.0 Å². The minimum absolute atomic E-state index is 0.0461. The monoisotopic (exact) mass is 396 g/mol. The number of pyridine rings is 1. The predicted octanol–water partition coefficient (Wildman–Crippen LogP) is 2.75. The quantitative estimate of drug-likeness (QED) is 0.509. The summed E-state index contributed by atoms with van der Waals surface area (Å²) in [5.41, 5.74) is 7.88. The van der Waals surface area contributed by atoms with E-state index in [4.69, 9.17) is 5.73 Å². The Morgan fingerprint density at radius 1 is 1.10 bits per heavy atom. The van der Waals surface area contributed by atoms with E-state index in [1.54, 1.807) is 6.20 Å². The van der Waals surface area contributed by atoms with Crippen molar-refractivity contribution in [3.63, 3.8) is 0 Å². The largest absolute Gasteiger partial charge is 0.355 e. The van der Waals surface area contributed by atoms with E-state index in [1.165, 1.54) is 0 Å². The van der Waals surface area contributed by atoms with Gasteiger partial charge in [-0.05, 0) is 30.0 Å². The number of hydrogen-bond acceptors (Lipinski definition) is 4. The molecule has 1 heterocycles. The van der Waals surface area contributed by atoms with Crippen molar-refractivity contribution in [2.24, 2.45) is 11.7 Å². The van der Waals surface area contributed by atoms with Crippen molar-refractivity contribution in [1.29, 1.82) is 0 Å². The molecule has 6 nitrogen and oxygen atoms in total. The van der Waals surface area contributed by atoms with Crippen molar-refractivity contribution in [3.05, 3.63) is 66.0 Å². The van der Waals surface area contributed by atoms with Crippen molar-refractivity contribution < 1.29 is 9.59 Å². The Bertz CT molecular complexity index is 752. The third-order valence-electron chi connectivity index (χ3n) is 5.12. The van der Waals surface area contributed by atoms with Crippen molar-refractivity contribution in [2.75, 3.05) is 6.54 Å². The fourth-order valence-electron chi connectivity index (χ4n) is 3.02. The summed E-state index contributed by atoms with van der Waals surface area (Å²) >= 11 is 0. The van der Waals surface area contributed by atoms with Gasteiger partial charge in [0.2, 0.25) is 11.8 Å². The Balaban J connectivity index is 1.84. The molecular weight excluding hydrogens is 364 g/mol. The zero-order valence-electron chi connectivity index (χ0n) is 17.3. The number of hydrogen-bond donors (Lipinski definition) is 3. The molecule has 1 unspecified atom stereocenters. The molecule has 0 spiro atoms. The molecule has 0 aliphatic heterocycles. The number of benzene rings is 1. The Morgan fingerprint density at radius 2 is 1.83 bits per heavy atom. The van der Waals surface area contributed by atoms with Crippen molar-refractivity contribution in [3.8, 4) is 0 Å². The highest BCUT2D eigenvalue weighted by Gasteiger charge is 2.19. The summed E-state index contributed by atoms with van der Waals surface area (Å²) in [6, 6.07) is 15.0. The van der Waals surface area contributed by atoms with Crippen LogP contribution in [0.4, 0.5) is 0 Å². The lowest BCUT2D eigenvalue weighted by Crippen LogP contribution is -2.45. The van der Waals surface area contributed by atoms with Gasteiger partial charge < -0.3 is 16.4 Å². The molecule has 3 atom stereocenters. The highest BCUT2D eigenvalue weighted by molar-refractivity contribution is 5.81. The van der Waals surface area contributed by atoms with Crippen molar-refractivity contribution in [1.82, 2.24) is 15.6 Å². The van der Waals surface area contributed by atoms with Crippen LogP contribution in [0, 0.1) is 5.92 Å². The molecule has 4 N–H and O–H groups in total. The Hall–Kier alpha value is -2.73. The normalized spacial score (nSPS) is 13.9. The van der Waals surface area contributed by atoms with Crippen molar-refractivity contribution >= 4 is 11.8 Å². The Labute approximate surface area is 173 Å². The summed E-state index contributed by atoms with van der Waals surface area (Å²) in [6.45, 7) is 4.41. The predicted molar refractivity (Wildman–Crippen MR) is 115 cm³/mol. The molecular formula is C23H32N4O2. The van der Waals surface area contributed by atoms with Gasteiger partial charge in [-0.15, -0.1) is 0 Å². The highest BCUT2D eigenvalue weighted by atomic mass is 16.2. The standard InChI is InChI=1S/C23H32N4O2/c1-3-17(2)22(24)23(29)26-15-9-13-21(28)27-20(18-10-5-4-6-11-18)16-19-12-7-8-14-25-19/h4-8,10-12,14,17,20,22H,3,9,13,15-16,24H2,1-2H3,(H,26,29)(H,27,28)/t17-,20?,22-/m0/s1. The maximum absolute atomic E-state index is 12.5. The van der Waals surface area contributed by atoms with Crippen LogP contribution in [0.2, 0.25) is 0 Å². The molecule has 0 aliphatic rings. The van der Waals surface area contributed by atoms with Gasteiger partial charge in [-0.2, -0.15) is 0 Å². The van der Waals surface area contributed by atoms with Crippen LogP contribution in [0.1, 0.15) is 50.4 Å². The second-order valence-electron chi connectivity index (χ2n) is 7.36. The number of nitrogens with one attached hydrogen (secondary N) is 2. The number of amides is 2. The first-order valence-electron chi connectivity index (χ1n) is 10.3. The first-order valence-corrected chi connectivity index (χ1v) is 10.3. The third-order valence-corrected chi connectivity index (χ3v) is 5.12. The van der Waals surface area contributed by atoms with Crippen molar-refractivity contribution in [2.45, 2.75) is 51.6 Å². The number of carbonyl (C=O) groups is 2. The number of carbonyl (C=O) groups excluding carboxylic acids is 2. The minimum atomic E-state index is -0.505. The summed E-state index contributed by atoms with van der Waals surface area (Å²) in [4.78, 5) is 28.9. The zero-order valence-corrected chi connectivity index (χ0v) is 17.3. The summed E-state index contributed by atoms with van der Waals surface area (Å²) in [5, 5.41) is 5.93. The van der Waals surface area contributed by atoms with Crippen LogP contribution in [0.3, 0.4) is 0 Å². The summed E-state index contributed by atoms with van der Waals surface area (Å²) in [7, 11) is 0. The molecule has 0 bridgehead atoms. The number of nitrogens with two attached hydrogens (primary N) is 1. The second-order valence-corrected chi connectivity index (χ2v) is 7.36. The molecule has 0 aliphatic carbocycles. The van der Waals surface area contributed by atoms with E-state index in [0.717, 1.165) is 17.7 Å². The second kappa shape index (κ2) is 12.0. The van der Waals surface area contributed by atoms with Gasteiger partial charge in [0.1, 0.15) is 0 Å². The van der Waals surface area contributed by atoms with Gasteiger partial charge in [0.25, 0.3) is 0 Å². The lowest BCUT2D eigenvalue weighted by atomic mass is 9.99. The molecule has 2 rings (SSSR count). The van der Waals surface area contributed by atoms with E-state index in [2.05, 4.69) is 15.6 Å². The molecule has 0 saturated heterocycles. The first kappa shape index (κ1) is 22.6. The van der Waals surface area contributed by atoms with Crippen LogP contribution in [0.25, 0.3) is 0 Å². The highest BCUT2D eigenvalue weighted by Crippen LogP contribution is 2.17. The molecule has 2 aromatic rings. The van der Waals surface area contributed by atoms with Gasteiger partial charge >= 0.3 is 0 Å². The maximum Gasteiger partial charge on any atom is 0.237 e. The number of aromatic nitrogens is 1. The molecule has 1 aromatic carbocycles. The fourth-order valence-corrected chi connectivity index (χ4v) is 3.02. The topological polar surface area (TPSA) is 97.1 Å². The van der Waals surface area contributed by atoms with E-state index in [0.29, 0.717) is 25.8 Å². The lowest BCUT2D eigenvalue weighted by Gasteiger charge is -2.20. The van der Waals surface area contributed by atoms with Gasteiger partial charge in [0, 0.05) is 31.3 Å². The molecule has 0 saturated carbocycles. The van der Waals surface area contributed by atoms with E-state index < -0.39 is 6.04 Å². The molecule has 29 heavy (non-hydrogen) atoms. The van der Waals surface area contributed by atoms with Crippen LogP contribution in [-0.4, -0.2) is 29.4 Å².